The van der Waals surface area contributed by atoms with Crippen molar-refractivity contribution in [2.75, 3.05) is 4.90 Å². The zero-order valence-electron chi connectivity index (χ0n) is 21.9. The van der Waals surface area contributed by atoms with E-state index in [4.69, 9.17) is 4.98 Å². The monoisotopic (exact) mass is 706 g/mol. The molecule has 0 radical (unpaired) electrons. The van der Waals surface area contributed by atoms with Gasteiger partial charge in [-0.05, 0) is 0 Å². The first-order valence-corrected chi connectivity index (χ1v) is 14.6. The van der Waals surface area contributed by atoms with Crippen molar-refractivity contribution in [1.29, 1.82) is 0 Å². The predicted octanol–water partition coefficient (Wildman–Crippen LogP) is 8.37. The summed E-state index contributed by atoms with van der Waals surface area (Å²) in [6.45, 7) is 0. The van der Waals surface area contributed by atoms with Crippen LogP contribution in [0.1, 0.15) is 11.1 Å². The SMILES string of the molecule is [Pt][c]1cc(-c2ccccn2)cc2c1C=Cc1ccccc1N2c1ccc2c3ccccc3n(-c3ccccn3)c2c1. The van der Waals surface area contributed by atoms with Gasteiger partial charge in [0.05, 0.1) is 0 Å². The number of pyridine rings is 2. The number of hydrogen-bond donors (Lipinski definition) is 0. The molecule has 0 amide bonds. The summed E-state index contributed by atoms with van der Waals surface area (Å²) in [7, 11) is 0. The van der Waals surface area contributed by atoms with Crippen molar-refractivity contribution >= 4 is 55.0 Å². The average molecular weight is 707 g/mol. The third kappa shape index (κ3) is 3.94. The average Bonchev–Trinajstić information content (AvgIpc) is 3.25. The summed E-state index contributed by atoms with van der Waals surface area (Å²) < 4.78 is 3.45. The Morgan fingerprint density at radius 3 is 2.22 bits per heavy atom. The van der Waals surface area contributed by atoms with Gasteiger partial charge in [-0.25, -0.2) is 0 Å². The van der Waals surface area contributed by atoms with Gasteiger partial charge in [-0.15, -0.1) is 0 Å². The molecule has 4 nitrogen and oxygen atoms in total. The van der Waals surface area contributed by atoms with Crippen molar-refractivity contribution in [2.45, 2.75) is 0 Å². The predicted molar refractivity (Wildman–Crippen MR) is 165 cm³/mol. The van der Waals surface area contributed by atoms with Crippen molar-refractivity contribution < 1.29 is 19.8 Å². The zero-order valence-corrected chi connectivity index (χ0v) is 24.2. The molecule has 4 aromatic carbocycles. The summed E-state index contributed by atoms with van der Waals surface area (Å²) in [5, 5.41) is 2.42. The Morgan fingerprint density at radius 2 is 1.37 bits per heavy atom. The van der Waals surface area contributed by atoms with E-state index < -0.39 is 0 Å². The first-order valence-electron chi connectivity index (χ1n) is 13.5. The van der Waals surface area contributed by atoms with Crippen LogP contribution < -0.4 is 8.85 Å². The summed E-state index contributed by atoms with van der Waals surface area (Å²) in [4.78, 5) is 11.8. The summed E-state index contributed by atoms with van der Waals surface area (Å²) in [6.07, 6.45) is 8.17. The maximum absolute atomic E-state index is 4.74. The van der Waals surface area contributed by atoms with E-state index in [2.05, 4.69) is 137 Å². The zero-order chi connectivity index (χ0) is 27.3. The van der Waals surface area contributed by atoms with Crippen LogP contribution >= 0.6 is 0 Å². The second-order valence-electron chi connectivity index (χ2n) is 10.0. The molecule has 0 spiro atoms. The molecular weight excluding hydrogens is 684 g/mol. The van der Waals surface area contributed by atoms with Crippen LogP contribution in [0.15, 0.2) is 128 Å². The standard InChI is InChI=1S/C36H23N4.Pt/c1-3-12-32-25(9-1)15-16-26-17-18-27(31-11-5-7-21-37-31)23-34(26)39(32)28-19-20-30-29-10-2-4-13-33(29)40(35(30)24-28)36-14-6-8-22-38-36;/h1-16,18-24H;. The molecule has 0 fully saturated rings. The minimum absolute atomic E-state index is 0.904. The van der Waals surface area contributed by atoms with Crippen molar-refractivity contribution in [1.82, 2.24) is 14.5 Å². The molecule has 0 bridgehead atoms. The molecule has 0 unspecified atom stereocenters. The van der Waals surface area contributed by atoms with E-state index in [1.54, 1.807) is 0 Å². The fourth-order valence-electron chi connectivity index (χ4n) is 5.86. The van der Waals surface area contributed by atoms with Crippen LogP contribution in [0.25, 0.3) is 51.0 Å². The molecule has 1 aliphatic rings. The van der Waals surface area contributed by atoms with Gasteiger partial charge in [-0.3, -0.25) is 0 Å². The fourth-order valence-corrected chi connectivity index (χ4v) is 6.69. The van der Waals surface area contributed by atoms with Crippen LogP contribution in [-0.4, -0.2) is 14.5 Å². The molecule has 197 valence electrons. The van der Waals surface area contributed by atoms with E-state index in [1.807, 2.05) is 36.7 Å². The quantitative estimate of drug-likeness (QED) is 0.185. The number of hydrogen-bond acceptors (Lipinski definition) is 3. The Bertz CT molecular complexity index is 2110. The molecule has 5 heteroatoms. The molecule has 3 aromatic heterocycles. The number of rotatable bonds is 3. The second kappa shape index (κ2) is 9.69. The van der Waals surface area contributed by atoms with Crippen molar-refractivity contribution in [3.05, 3.63) is 139 Å². The Morgan fingerprint density at radius 1 is 0.585 bits per heavy atom. The van der Waals surface area contributed by atoms with Crippen LogP contribution in [0.2, 0.25) is 0 Å². The van der Waals surface area contributed by atoms with Gasteiger partial charge in [0.2, 0.25) is 0 Å². The molecule has 0 aliphatic carbocycles. The number of aromatic nitrogens is 3. The summed E-state index contributed by atoms with van der Waals surface area (Å²) in [5.41, 5.74) is 10.0. The molecule has 0 saturated heterocycles. The molecule has 0 saturated carbocycles. The molecule has 8 rings (SSSR count). The summed E-state index contributed by atoms with van der Waals surface area (Å²) in [5.74, 6) is 0.904. The van der Waals surface area contributed by atoms with Gasteiger partial charge in [0.1, 0.15) is 0 Å². The Balaban J connectivity index is 1.43. The number of anilines is 3. The van der Waals surface area contributed by atoms with Crippen LogP contribution in [-0.2, 0) is 19.8 Å². The van der Waals surface area contributed by atoms with Gasteiger partial charge in [0.15, 0.2) is 0 Å². The normalized spacial score (nSPS) is 12.4. The van der Waals surface area contributed by atoms with Crippen LogP contribution in [0.4, 0.5) is 17.1 Å². The second-order valence-corrected chi connectivity index (χ2v) is 11.3. The molecular formula is C36H23N4Pt. The van der Waals surface area contributed by atoms with Crippen LogP contribution in [0.3, 0.4) is 0 Å². The van der Waals surface area contributed by atoms with Crippen molar-refractivity contribution in [2.24, 2.45) is 0 Å². The van der Waals surface area contributed by atoms with E-state index in [1.165, 1.54) is 25.9 Å². The number of nitrogens with zero attached hydrogens (tertiary/aromatic N) is 4. The first kappa shape index (κ1) is 24.0. The van der Waals surface area contributed by atoms with Crippen LogP contribution in [0, 0.1) is 0 Å². The van der Waals surface area contributed by atoms with Crippen LogP contribution in [0.5, 0.6) is 0 Å². The summed E-state index contributed by atoms with van der Waals surface area (Å²) in [6, 6.07) is 40.6. The topological polar surface area (TPSA) is 34.0 Å². The van der Waals surface area contributed by atoms with E-state index in [-0.39, 0.29) is 0 Å². The first-order chi connectivity index (χ1) is 20.3. The Labute approximate surface area is 249 Å². The number of para-hydroxylation sites is 2. The molecule has 0 atom stereocenters. The fraction of sp³-hybridized carbons (Fsp3) is 0. The minimum atomic E-state index is 0.904. The Kier molecular flexibility index (Phi) is 5.68. The Hall–Kier alpha value is -4.79. The van der Waals surface area contributed by atoms with Gasteiger partial charge in [-0.1, -0.05) is 0 Å². The van der Waals surface area contributed by atoms with Crippen molar-refractivity contribution in [3.63, 3.8) is 0 Å². The molecule has 41 heavy (non-hydrogen) atoms. The van der Waals surface area contributed by atoms with E-state index >= 15 is 0 Å². The third-order valence-electron chi connectivity index (χ3n) is 7.68. The number of benzene rings is 4. The van der Waals surface area contributed by atoms with Gasteiger partial charge in [-0.2, -0.15) is 0 Å². The van der Waals surface area contributed by atoms with Crippen molar-refractivity contribution in [3.8, 4) is 17.1 Å². The summed E-state index contributed by atoms with van der Waals surface area (Å²) >= 11 is 2.44. The molecule has 0 N–H and O–H groups in total. The molecule has 4 heterocycles. The molecule has 1 aliphatic heterocycles. The third-order valence-corrected chi connectivity index (χ3v) is 8.62. The van der Waals surface area contributed by atoms with E-state index in [0.717, 1.165) is 45.2 Å². The van der Waals surface area contributed by atoms with E-state index in [9.17, 15) is 0 Å². The molecule has 7 aromatic rings. The number of fused-ring (bicyclic) bond motifs is 5. The van der Waals surface area contributed by atoms with Gasteiger partial charge >= 0.3 is 250 Å². The van der Waals surface area contributed by atoms with Gasteiger partial charge < -0.3 is 0 Å². The van der Waals surface area contributed by atoms with E-state index in [0.29, 0.717) is 0 Å². The van der Waals surface area contributed by atoms with Gasteiger partial charge in [0, 0.05) is 0 Å². The maximum atomic E-state index is 4.74. The van der Waals surface area contributed by atoms with Gasteiger partial charge in [0.25, 0.3) is 0 Å².